The van der Waals surface area contributed by atoms with Gasteiger partial charge < -0.3 is 14.0 Å². The molecule has 218 valence electrons. The van der Waals surface area contributed by atoms with Crippen molar-refractivity contribution in [3.8, 4) is 12.3 Å². The molecule has 1 rings (SSSR count). The number of aldehydes is 1. The Hall–Kier alpha value is -0.976. The normalized spacial score (nSPS) is 23.5. The molecule has 1 aliphatic rings. The second-order valence-corrected chi connectivity index (χ2v) is 21.4. The molecular formula is C32H58O4Si2. The van der Waals surface area contributed by atoms with Gasteiger partial charge in [-0.1, -0.05) is 79.0 Å². The van der Waals surface area contributed by atoms with Crippen molar-refractivity contribution in [1.82, 2.24) is 0 Å². The molecule has 0 saturated heterocycles. The van der Waals surface area contributed by atoms with Crippen LogP contribution in [0.4, 0.5) is 0 Å². The number of rotatable bonds is 17. The molecule has 6 heteroatoms. The molecule has 0 radical (unpaired) electrons. The third-order valence-electron chi connectivity index (χ3n) is 9.91. The Morgan fingerprint density at radius 1 is 1.11 bits per heavy atom. The van der Waals surface area contributed by atoms with Crippen molar-refractivity contribution < 1.29 is 18.8 Å². The molecule has 0 aromatic carbocycles. The number of allylic oxidation sites excluding steroid dienone is 3. The van der Waals surface area contributed by atoms with Crippen molar-refractivity contribution in [3.63, 3.8) is 0 Å². The van der Waals surface area contributed by atoms with Gasteiger partial charge in [0.25, 0.3) is 0 Å². The molecule has 0 heterocycles. The first-order valence-corrected chi connectivity index (χ1v) is 20.3. The van der Waals surface area contributed by atoms with Gasteiger partial charge in [0, 0.05) is 5.57 Å². The lowest BCUT2D eigenvalue weighted by atomic mass is 9.65. The highest BCUT2D eigenvalue weighted by Gasteiger charge is 2.48. The van der Waals surface area contributed by atoms with E-state index in [-0.39, 0.29) is 24.5 Å². The number of hydrogen-bond donors (Lipinski definition) is 1. The molecule has 4 nitrogen and oxygen atoms in total. The molecule has 0 aromatic heterocycles. The van der Waals surface area contributed by atoms with Crippen LogP contribution in [0.15, 0.2) is 23.3 Å². The third-order valence-corrected chi connectivity index (χ3v) is 19.3. The van der Waals surface area contributed by atoms with Gasteiger partial charge in [-0.15, -0.1) is 6.42 Å². The van der Waals surface area contributed by atoms with Gasteiger partial charge in [-0.05, 0) is 86.6 Å². The van der Waals surface area contributed by atoms with Crippen LogP contribution in [0.5, 0.6) is 0 Å². The Balaban J connectivity index is 3.74. The predicted octanol–water partition coefficient (Wildman–Crippen LogP) is 8.15. The van der Waals surface area contributed by atoms with Crippen molar-refractivity contribution in [1.29, 1.82) is 0 Å². The van der Waals surface area contributed by atoms with E-state index >= 15 is 0 Å². The molecule has 1 aliphatic carbocycles. The zero-order chi connectivity index (χ0) is 29.1. The minimum atomic E-state index is -2.02. The summed E-state index contributed by atoms with van der Waals surface area (Å²) in [5.74, 6) is 4.25. The number of hydrogen-bond acceptors (Lipinski definition) is 4. The van der Waals surface area contributed by atoms with Crippen LogP contribution in [0.2, 0.25) is 36.3 Å². The van der Waals surface area contributed by atoms with Crippen LogP contribution in [0.3, 0.4) is 0 Å². The van der Waals surface area contributed by atoms with Crippen LogP contribution in [0, 0.1) is 36.0 Å². The van der Waals surface area contributed by atoms with E-state index in [0.29, 0.717) is 17.4 Å². The van der Waals surface area contributed by atoms with E-state index in [1.165, 1.54) is 5.57 Å². The number of aliphatic hydroxyl groups is 1. The van der Waals surface area contributed by atoms with Crippen LogP contribution in [0.25, 0.3) is 0 Å². The van der Waals surface area contributed by atoms with Gasteiger partial charge in [-0.3, -0.25) is 4.79 Å². The predicted molar refractivity (Wildman–Crippen MR) is 167 cm³/mol. The van der Waals surface area contributed by atoms with Gasteiger partial charge in [0.1, 0.15) is 11.9 Å². The maximum atomic E-state index is 11.8. The van der Waals surface area contributed by atoms with E-state index < -0.39 is 22.2 Å². The number of carbonyl (C=O) groups is 1. The Morgan fingerprint density at radius 2 is 1.63 bits per heavy atom. The maximum absolute atomic E-state index is 11.8. The first kappa shape index (κ1) is 35.1. The molecule has 0 spiro atoms. The fraction of sp³-hybridized carbons (Fsp3) is 0.781. The molecule has 5 atom stereocenters. The first-order chi connectivity index (χ1) is 17.9. The lowest BCUT2D eigenvalue weighted by molar-refractivity contribution is -0.105. The quantitative estimate of drug-likeness (QED) is 0.0639. The van der Waals surface area contributed by atoms with E-state index in [0.717, 1.165) is 55.4 Å². The molecule has 0 unspecified atom stereocenters. The van der Waals surface area contributed by atoms with Crippen molar-refractivity contribution in [2.75, 3.05) is 6.61 Å². The topological polar surface area (TPSA) is 55.8 Å². The van der Waals surface area contributed by atoms with Crippen LogP contribution < -0.4 is 0 Å². The Labute approximate surface area is 237 Å². The minimum absolute atomic E-state index is 0.131. The van der Waals surface area contributed by atoms with Gasteiger partial charge in [0.05, 0.1) is 12.7 Å². The van der Waals surface area contributed by atoms with Gasteiger partial charge in [0.15, 0.2) is 16.6 Å². The average Bonchev–Trinajstić information content (AvgIpc) is 2.93. The molecule has 1 N–H and O–H groups in total. The molecule has 0 saturated carbocycles. The van der Waals surface area contributed by atoms with Crippen molar-refractivity contribution in [2.45, 2.75) is 130 Å². The van der Waals surface area contributed by atoms with Gasteiger partial charge >= 0.3 is 0 Å². The van der Waals surface area contributed by atoms with E-state index in [2.05, 4.69) is 81.2 Å². The van der Waals surface area contributed by atoms with Gasteiger partial charge in [-0.2, -0.15) is 0 Å². The SMILES string of the molecule is C#C[C@](C)(O[Si](CC)(CC)CC)[C@H](C[C@H]1C(C)=CC[C@H](C(C)C)[C@@H]1/C=C(/C=O)CO)O[Si](CC)(CC)CC. The van der Waals surface area contributed by atoms with E-state index in [9.17, 15) is 9.90 Å². The number of terminal acetylenes is 1. The Bertz CT molecular complexity index is 818. The lowest BCUT2D eigenvalue weighted by Gasteiger charge is -2.48. The Morgan fingerprint density at radius 3 is 2.03 bits per heavy atom. The molecule has 0 aromatic rings. The smallest absolute Gasteiger partial charge is 0.194 e. The fourth-order valence-corrected chi connectivity index (χ4v) is 12.4. The molecule has 0 bridgehead atoms. The molecule has 0 amide bonds. The molecule has 0 fully saturated rings. The zero-order valence-corrected chi connectivity index (χ0v) is 28.2. The maximum Gasteiger partial charge on any atom is 0.194 e. The van der Waals surface area contributed by atoms with Gasteiger partial charge in [-0.25, -0.2) is 0 Å². The lowest BCUT2D eigenvalue weighted by Crippen LogP contribution is -2.56. The van der Waals surface area contributed by atoms with Crippen molar-refractivity contribution in [3.05, 3.63) is 23.3 Å². The fourth-order valence-electron chi connectivity index (χ4n) is 6.43. The molecular weight excluding hydrogens is 505 g/mol. The number of carbonyl (C=O) groups excluding carboxylic acids is 1. The summed E-state index contributed by atoms with van der Waals surface area (Å²) in [5, 5.41) is 9.87. The highest BCUT2D eigenvalue weighted by Crippen LogP contribution is 2.45. The van der Waals surface area contributed by atoms with Crippen LogP contribution in [-0.2, 0) is 13.6 Å². The third kappa shape index (κ3) is 8.27. The van der Waals surface area contributed by atoms with Crippen molar-refractivity contribution in [2.24, 2.45) is 23.7 Å². The van der Waals surface area contributed by atoms with Gasteiger partial charge in [0.2, 0.25) is 0 Å². The minimum Gasteiger partial charge on any atom is -0.410 e. The van der Waals surface area contributed by atoms with Crippen LogP contribution in [-0.4, -0.2) is 46.3 Å². The average molecular weight is 563 g/mol. The summed E-state index contributed by atoms with van der Waals surface area (Å²) in [4.78, 5) is 11.8. The summed E-state index contributed by atoms with van der Waals surface area (Å²) in [5.41, 5.74) is 0.958. The highest BCUT2D eigenvalue weighted by molar-refractivity contribution is 6.74. The largest absolute Gasteiger partial charge is 0.410 e. The van der Waals surface area contributed by atoms with Crippen LogP contribution >= 0.6 is 0 Å². The summed E-state index contributed by atoms with van der Waals surface area (Å²) in [6, 6.07) is 6.24. The van der Waals surface area contributed by atoms with Crippen LogP contribution in [0.1, 0.15) is 82.1 Å². The molecule has 0 aliphatic heterocycles. The monoisotopic (exact) mass is 562 g/mol. The molecule has 38 heavy (non-hydrogen) atoms. The first-order valence-electron chi connectivity index (χ1n) is 15.2. The van der Waals surface area contributed by atoms with E-state index in [1.54, 1.807) is 0 Å². The summed E-state index contributed by atoms with van der Waals surface area (Å²) in [6.07, 6.45) is 13.1. The van der Waals surface area contributed by atoms with E-state index in [4.69, 9.17) is 15.3 Å². The standard InChI is InChI=1S/C32H58O4Si2/c1-12-32(11,36-38(16-5,17-6)18-7)31(35-37(13-2,14-3)15-4)22-29-26(10)19-20-28(25(8)9)30(29)21-27(23-33)24-34/h1,19,21,23,25,28-31,34H,13-18,20,22,24H2,2-11H3/b27-21-/t28-,29+,30+,31+,32+/m1/s1. The summed E-state index contributed by atoms with van der Waals surface area (Å²) in [6.45, 7) is 22.1. The Kier molecular flexibility index (Phi) is 14.5. The highest BCUT2D eigenvalue weighted by atomic mass is 28.4. The summed E-state index contributed by atoms with van der Waals surface area (Å²) >= 11 is 0. The zero-order valence-electron chi connectivity index (χ0n) is 26.2. The van der Waals surface area contributed by atoms with Crippen molar-refractivity contribution >= 4 is 22.9 Å². The summed E-state index contributed by atoms with van der Waals surface area (Å²) in [7, 11) is -4.04. The second kappa shape index (κ2) is 15.7. The van der Waals surface area contributed by atoms with E-state index in [1.807, 2.05) is 6.08 Å². The summed E-state index contributed by atoms with van der Waals surface area (Å²) < 4.78 is 14.4. The second-order valence-electron chi connectivity index (χ2n) is 12.0. The number of aliphatic hydroxyl groups excluding tert-OH is 1.